The molecule has 2 heterocycles. The van der Waals surface area contributed by atoms with Gasteiger partial charge in [-0.2, -0.15) is 0 Å². The maximum Gasteiger partial charge on any atom is 0.198 e. The minimum atomic E-state index is -1.17. The van der Waals surface area contributed by atoms with Crippen molar-refractivity contribution < 1.29 is 13.6 Å². The lowest BCUT2D eigenvalue weighted by Gasteiger charge is -2.03. The van der Waals surface area contributed by atoms with E-state index in [4.69, 9.17) is 11.6 Å². The first kappa shape index (κ1) is 12.7. The van der Waals surface area contributed by atoms with Gasteiger partial charge in [-0.15, -0.1) is 0 Å². The first-order chi connectivity index (χ1) is 9.59. The molecule has 3 nitrogen and oxygen atoms in total. The van der Waals surface area contributed by atoms with Gasteiger partial charge in [0.25, 0.3) is 0 Å². The van der Waals surface area contributed by atoms with Crippen LogP contribution in [0.1, 0.15) is 15.9 Å². The second kappa shape index (κ2) is 4.68. The van der Waals surface area contributed by atoms with Gasteiger partial charge in [0.1, 0.15) is 5.65 Å². The Morgan fingerprint density at radius 2 is 2.00 bits per heavy atom. The summed E-state index contributed by atoms with van der Waals surface area (Å²) in [4.78, 5) is 19.1. The van der Waals surface area contributed by atoms with E-state index in [0.717, 1.165) is 6.07 Å². The van der Waals surface area contributed by atoms with Gasteiger partial charge in [-0.05, 0) is 18.2 Å². The van der Waals surface area contributed by atoms with E-state index in [1.807, 2.05) is 0 Å². The number of ketones is 1. The van der Waals surface area contributed by atoms with Crippen LogP contribution < -0.4 is 0 Å². The highest BCUT2D eigenvalue weighted by Crippen LogP contribution is 2.27. The van der Waals surface area contributed by atoms with Crippen molar-refractivity contribution in [2.24, 2.45) is 0 Å². The summed E-state index contributed by atoms with van der Waals surface area (Å²) >= 11 is 6.03. The second-order valence-electron chi connectivity index (χ2n) is 4.15. The highest BCUT2D eigenvalue weighted by atomic mass is 35.5. The van der Waals surface area contributed by atoms with Crippen LogP contribution >= 0.6 is 11.6 Å². The molecule has 2 aromatic heterocycles. The summed E-state index contributed by atoms with van der Waals surface area (Å²) in [5.41, 5.74) is 0.228. The highest BCUT2D eigenvalue weighted by molar-refractivity contribution is 6.37. The number of pyridine rings is 1. The molecule has 0 aliphatic heterocycles. The normalized spacial score (nSPS) is 10.9. The molecule has 0 fully saturated rings. The van der Waals surface area contributed by atoms with Crippen LogP contribution in [0.5, 0.6) is 0 Å². The van der Waals surface area contributed by atoms with Crippen LogP contribution in [0.2, 0.25) is 5.02 Å². The molecule has 0 spiro atoms. The number of hydrogen-bond donors (Lipinski definition) is 1. The van der Waals surface area contributed by atoms with E-state index in [1.165, 1.54) is 30.6 Å². The van der Waals surface area contributed by atoms with Crippen LogP contribution in [0.15, 0.2) is 36.7 Å². The zero-order valence-corrected chi connectivity index (χ0v) is 10.7. The minimum absolute atomic E-state index is 0.155. The van der Waals surface area contributed by atoms with Crippen molar-refractivity contribution >= 4 is 28.4 Å². The first-order valence-electron chi connectivity index (χ1n) is 5.70. The Morgan fingerprint density at radius 3 is 2.80 bits per heavy atom. The van der Waals surface area contributed by atoms with Gasteiger partial charge >= 0.3 is 0 Å². The quantitative estimate of drug-likeness (QED) is 0.732. The maximum absolute atomic E-state index is 13.7. The lowest BCUT2D eigenvalue weighted by atomic mass is 10.0. The van der Waals surface area contributed by atoms with Gasteiger partial charge < -0.3 is 4.98 Å². The Morgan fingerprint density at radius 1 is 1.20 bits per heavy atom. The molecule has 3 aromatic rings. The number of halogens is 3. The Bertz CT molecular complexity index is 829. The van der Waals surface area contributed by atoms with Crippen molar-refractivity contribution in [3.63, 3.8) is 0 Å². The van der Waals surface area contributed by atoms with Crippen molar-refractivity contribution in [1.82, 2.24) is 9.97 Å². The summed E-state index contributed by atoms with van der Waals surface area (Å²) in [5.74, 6) is -2.89. The number of aromatic nitrogens is 2. The zero-order valence-electron chi connectivity index (χ0n) is 9.95. The number of carbonyl (C=O) groups excluding carboxylic acids is 1. The van der Waals surface area contributed by atoms with E-state index in [9.17, 15) is 13.6 Å². The summed E-state index contributed by atoms with van der Waals surface area (Å²) in [5, 5.41) is 0.708. The molecule has 0 saturated carbocycles. The number of fused-ring (bicyclic) bond motifs is 1. The average molecular weight is 293 g/mol. The number of rotatable bonds is 2. The fourth-order valence-corrected chi connectivity index (χ4v) is 2.27. The summed E-state index contributed by atoms with van der Waals surface area (Å²) in [6.07, 6.45) is 2.87. The van der Waals surface area contributed by atoms with Gasteiger partial charge in [-0.25, -0.2) is 13.8 Å². The molecule has 3 rings (SSSR count). The third-order valence-electron chi connectivity index (χ3n) is 2.96. The molecule has 20 heavy (non-hydrogen) atoms. The molecule has 0 aliphatic rings. The molecule has 0 unspecified atom stereocenters. The molecule has 1 N–H and O–H groups in total. The van der Waals surface area contributed by atoms with Crippen LogP contribution in [0.4, 0.5) is 8.78 Å². The van der Waals surface area contributed by atoms with E-state index in [-0.39, 0.29) is 11.1 Å². The Labute approximate surface area is 117 Å². The third kappa shape index (κ3) is 1.87. The number of nitrogens with one attached hydrogen (secondary N) is 1. The van der Waals surface area contributed by atoms with Gasteiger partial charge in [0.15, 0.2) is 17.4 Å². The molecule has 100 valence electrons. The van der Waals surface area contributed by atoms with Crippen LogP contribution in [0.3, 0.4) is 0 Å². The largest absolute Gasteiger partial charge is 0.345 e. The van der Waals surface area contributed by atoms with Gasteiger partial charge in [0.05, 0.1) is 16.1 Å². The Kier molecular flexibility index (Phi) is 2.99. The molecule has 1 aromatic carbocycles. The van der Waals surface area contributed by atoms with Gasteiger partial charge in [0, 0.05) is 17.8 Å². The van der Waals surface area contributed by atoms with E-state index >= 15 is 0 Å². The lowest BCUT2D eigenvalue weighted by Crippen LogP contribution is -2.05. The van der Waals surface area contributed by atoms with Crippen LogP contribution in [0, 0.1) is 11.6 Å². The van der Waals surface area contributed by atoms with Crippen molar-refractivity contribution in [1.29, 1.82) is 0 Å². The number of nitrogens with zero attached hydrogens (tertiary/aromatic N) is 1. The van der Waals surface area contributed by atoms with Gasteiger partial charge in [0.2, 0.25) is 0 Å². The smallest absolute Gasteiger partial charge is 0.198 e. The van der Waals surface area contributed by atoms with E-state index < -0.39 is 17.4 Å². The van der Waals surface area contributed by atoms with E-state index in [0.29, 0.717) is 16.1 Å². The number of aromatic amines is 1. The SMILES string of the molecule is O=C(c1cccc(F)c1F)c1c[nH]c2nccc(Cl)c12. The number of benzene rings is 1. The minimum Gasteiger partial charge on any atom is -0.345 e. The molecule has 0 aliphatic carbocycles. The fraction of sp³-hybridized carbons (Fsp3) is 0. The Hall–Kier alpha value is -2.27. The van der Waals surface area contributed by atoms with Crippen molar-refractivity contribution in [2.75, 3.05) is 0 Å². The fourth-order valence-electron chi connectivity index (χ4n) is 2.02. The van der Waals surface area contributed by atoms with Crippen molar-refractivity contribution in [3.05, 3.63) is 64.4 Å². The first-order valence-corrected chi connectivity index (χ1v) is 6.07. The zero-order chi connectivity index (χ0) is 14.3. The summed E-state index contributed by atoms with van der Waals surface area (Å²) in [6, 6.07) is 4.98. The standard InChI is InChI=1S/C14H7ClF2N2O/c15-9-4-5-18-14-11(9)8(6-19-14)13(20)7-2-1-3-10(16)12(7)17/h1-6H,(H,18,19). The summed E-state index contributed by atoms with van der Waals surface area (Å²) < 4.78 is 26.9. The topological polar surface area (TPSA) is 45.8 Å². The summed E-state index contributed by atoms with van der Waals surface area (Å²) in [7, 11) is 0. The molecule has 6 heteroatoms. The number of hydrogen-bond acceptors (Lipinski definition) is 2. The van der Waals surface area contributed by atoms with Crippen molar-refractivity contribution in [2.45, 2.75) is 0 Å². The molecule has 0 bridgehead atoms. The maximum atomic E-state index is 13.7. The van der Waals surface area contributed by atoms with Crippen LogP contribution in [0.25, 0.3) is 11.0 Å². The van der Waals surface area contributed by atoms with Crippen LogP contribution in [-0.4, -0.2) is 15.8 Å². The average Bonchev–Trinajstić information content (AvgIpc) is 2.86. The molecule has 0 amide bonds. The van der Waals surface area contributed by atoms with E-state index in [2.05, 4.69) is 9.97 Å². The van der Waals surface area contributed by atoms with E-state index in [1.54, 1.807) is 0 Å². The summed E-state index contributed by atoms with van der Waals surface area (Å²) in [6.45, 7) is 0. The Balaban J connectivity index is 2.21. The molecule has 0 atom stereocenters. The number of carbonyl (C=O) groups is 1. The monoisotopic (exact) mass is 292 g/mol. The van der Waals surface area contributed by atoms with Gasteiger partial charge in [-0.3, -0.25) is 4.79 Å². The highest BCUT2D eigenvalue weighted by Gasteiger charge is 2.21. The van der Waals surface area contributed by atoms with Gasteiger partial charge in [-0.1, -0.05) is 17.7 Å². The van der Waals surface area contributed by atoms with Crippen molar-refractivity contribution in [3.8, 4) is 0 Å². The molecular weight excluding hydrogens is 286 g/mol. The predicted molar refractivity (Wildman–Crippen MR) is 70.9 cm³/mol. The lowest BCUT2D eigenvalue weighted by molar-refractivity contribution is 0.103. The third-order valence-corrected chi connectivity index (χ3v) is 3.28. The second-order valence-corrected chi connectivity index (χ2v) is 4.56. The molecular formula is C14H7ClF2N2O. The predicted octanol–water partition coefficient (Wildman–Crippen LogP) is 3.73. The molecule has 0 saturated heterocycles. The van der Waals surface area contributed by atoms with Crippen LogP contribution in [-0.2, 0) is 0 Å². The molecule has 0 radical (unpaired) electrons. The number of H-pyrrole nitrogens is 1.